The summed E-state index contributed by atoms with van der Waals surface area (Å²) in [6.07, 6.45) is 0. The molecule has 0 fully saturated rings. The van der Waals surface area contributed by atoms with E-state index < -0.39 is 11.6 Å². The maximum absolute atomic E-state index is 13.6. The van der Waals surface area contributed by atoms with E-state index in [9.17, 15) is 13.6 Å². The van der Waals surface area contributed by atoms with Gasteiger partial charge in [0.05, 0.1) is 6.54 Å². The summed E-state index contributed by atoms with van der Waals surface area (Å²) in [5.41, 5.74) is 5.06. The first-order valence-electron chi connectivity index (χ1n) is 5.56. The summed E-state index contributed by atoms with van der Waals surface area (Å²) in [6.45, 7) is 3.49. The van der Waals surface area contributed by atoms with Gasteiger partial charge in [0.15, 0.2) is 11.6 Å². The zero-order valence-electron chi connectivity index (χ0n) is 10.6. The molecule has 0 saturated carbocycles. The number of nitrogens with zero attached hydrogens (tertiary/aromatic N) is 1. The van der Waals surface area contributed by atoms with Crippen molar-refractivity contribution in [3.05, 3.63) is 23.8 Å². The molecule has 0 aliphatic carbocycles. The third-order valence-electron chi connectivity index (χ3n) is 2.25. The number of anilines is 2. The molecule has 0 aliphatic heterocycles. The molecular formula is C12H17F2N3O. The van der Waals surface area contributed by atoms with Gasteiger partial charge in [-0.2, -0.15) is 0 Å². The standard InChI is InChI=1S/C12H17F2N3O/c1-7(2)16-11(18)6-17(3)12-9(13)4-8(15)5-10(12)14/h4-5,7H,6,15H2,1-3H3,(H,16,18). The van der Waals surface area contributed by atoms with E-state index in [1.54, 1.807) is 0 Å². The number of nitrogen functional groups attached to an aromatic ring is 1. The van der Waals surface area contributed by atoms with Gasteiger partial charge in [-0.15, -0.1) is 0 Å². The number of likely N-dealkylation sites (N-methyl/N-ethyl adjacent to an activating group) is 1. The van der Waals surface area contributed by atoms with Crippen molar-refractivity contribution in [1.82, 2.24) is 5.32 Å². The van der Waals surface area contributed by atoms with Crippen LogP contribution in [0.15, 0.2) is 12.1 Å². The summed E-state index contributed by atoms with van der Waals surface area (Å²) in [5.74, 6) is -1.87. The van der Waals surface area contributed by atoms with Gasteiger partial charge in [0, 0.05) is 18.8 Å². The zero-order chi connectivity index (χ0) is 13.9. The third-order valence-corrected chi connectivity index (χ3v) is 2.25. The smallest absolute Gasteiger partial charge is 0.239 e. The summed E-state index contributed by atoms with van der Waals surface area (Å²) in [5, 5.41) is 2.64. The second-order valence-electron chi connectivity index (χ2n) is 4.41. The number of hydrogen-bond acceptors (Lipinski definition) is 3. The van der Waals surface area contributed by atoms with Crippen LogP contribution in [0.3, 0.4) is 0 Å². The van der Waals surface area contributed by atoms with Crippen molar-refractivity contribution in [2.45, 2.75) is 19.9 Å². The first kappa shape index (κ1) is 14.2. The molecule has 18 heavy (non-hydrogen) atoms. The van der Waals surface area contributed by atoms with E-state index in [1.165, 1.54) is 11.9 Å². The highest BCUT2D eigenvalue weighted by molar-refractivity contribution is 5.81. The van der Waals surface area contributed by atoms with E-state index in [4.69, 9.17) is 5.73 Å². The number of rotatable bonds is 4. The van der Waals surface area contributed by atoms with E-state index >= 15 is 0 Å². The van der Waals surface area contributed by atoms with Crippen molar-refractivity contribution in [2.75, 3.05) is 24.2 Å². The molecule has 0 aromatic heterocycles. The number of carbonyl (C=O) groups is 1. The minimum atomic E-state index is -0.785. The summed E-state index contributed by atoms with van der Waals surface area (Å²) < 4.78 is 27.2. The molecule has 0 heterocycles. The normalized spacial score (nSPS) is 10.6. The van der Waals surface area contributed by atoms with E-state index in [1.807, 2.05) is 13.8 Å². The summed E-state index contributed by atoms with van der Waals surface area (Å²) in [4.78, 5) is 12.7. The van der Waals surface area contributed by atoms with Gasteiger partial charge in [-0.3, -0.25) is 4.79 Å². The van der Waals surface area contributed by atoms with Gasteiger partial charge in [-0.05, 0) is 26.0 Å². The van der Waals surface area contributed by atoms with Crippen molar-refractivity contribution in [3.63, 3.8) is 0 Å². The minimum Gasteiger partial charge on any atom is -0.399 e. The number of nitrogens with one attached hydrogen (secondary N) is 1. The van der Waals surface area contributed by atoms with E-state index in [2.05, 4.69) is 5.32 Å². The molecule has 1 aromatic rings. The Morgan fingerprint density at radius 2 is 1.89 bits per heavy atom. The summed E-state index contributed by atoms with van der Waals surface area (Å²) in [6, 6.07) is 2.02. The maximum Gasteiger partial charge on any atom is 0.239 e. The monoisotopic (exact) mass is 257 g/mol. The number of nitrogens with two attached hydrogens (primary N) is 1. The van der Waals surface area contributed by atoms with E-state index in [-0.39, 0.29) is 29.9 Å². The molecule has 0 atom stereocenters. The second kappa shape index (κ2) is 5.66. The van der Waals surface area contributed by atoms with Crippen molar-refractivity contribution in [2.24, 2.45) is 0 Å². The van der Waals surface area contributed by atoms with Crippen molar-refractivity contribution in [1.29, 1.82) is 0 Å². The molecule has 0 spiro atoms. The highest BCUT2D eigenvalue weighted by Crippen LogP contribution is 2.24. The molecule has 0 unspecified atom stereocenters. The molecule has 3 N–H and O–H groups in total. The Morgan fingerprint density at radius 1 is 1.39 bits per heavy atom. The lowest BCUT2D eigenvalue weighted by Gasteiger charge is -2.21. The van der Waals surface area contributed by atoms with Crippen molar-refractivity contribution >= 4 is 17.3 Å². The molecule has 0 saturated heterocycles. The van der Waals surface area contributed by atoms with Gasteiger partial charge in [0.25, 0.3) is 0 Å². The Labute approximate surface area is 105 Å². The summed E-state index contributed by atoms with van der Waals surface area (Å²) in [7, 11) is 1.44. The van der Waals surface area contributed by atoms with Gasteiger partial charge in [0.2, 0.25) is 5.91 Å². The van der Waals surface area contributed by atoms with E-state index in [0.29, 0.717) is 0 Å². The van der Waals surface area contributed by atoms with Gasteiger partial charge >= 0.3 is 0 Å². The Bertz CT molecular complexity index is 426. The van der Waals surface area contributed by atoms with Crippen LogP contribution in [0.2, 0.25) is 0 Å². The molecule has 6 heteroatoms. The van der Waals surface area contributed by atoms with Crippen LogP contribution in [0.1, 0.15) is 13.8 Å². The van der Waals surface area contributed by atoms with Crippen molar-refractivity contribution < 1.29 is 13.6 Å². The molecular weight excluding hydrogens is 240 g/mol. The van der Waals surface area contributed by atoms with E-state index in [0.717, 1.165) is 12.1 Å². The van der Waals surface area contributed by atoms with Crippen LogP contribution in [-0.2, 0) is 4.79 Å². The molecule has 4 nitrogen and oxygen atoms in total. The fourth-order valence-corrected chi connectivity index (χ4v) is 1.61. The number of halogens is 2. The highest BCUT2D eigenvalue weighted by Gasteiger charge is 2.17. The lowest BCUT2D eigenvalue weighted by Crippen LogP contribution is -2.39. The fraction of sp³-hybridized carbons (Fsp3) is 0.417. The average Bonchev–Trinajstić information content (AvgIpc) is 2.12. The summed E-state index contributed by atoms with van der Waals surface area (Å²) >= 11 is 0. The Balaban J connectivity index is 2.85. The van der Waals surface area contributed by atoms with Crippen LogP contribution in [0.4, 0.5) is 20.2 Å². The van der Waals surface area contributed by atoms with Crippen LogP contribution in [0.5, 0.6) is 0 Å². The number of amides is 1. The quantitative estimate of drug-likeness (QED) is 0.804. The van der Waals surface area contributed by atoms with Gasteiger partial charge < -0.3 is 16.0 Å². The first-order valence-corrected chi connectivity index (χ1v) is 5.56. The lowest BCUT2D eigenvalue weighted by atomic mass is 10.2. The van der Waals surface area contributed by atoms with Crippen LogP contribution < -0.4 is 16.0 Å². The molecule has 0 bridgehead atoms. The SMILES string of the molecule is CC(C)NC(=O)CN(C)c1c(F)cc(N)cc1F. The topological polar surface area (TPSA) is 58.4 Å². The van der Waals surface area contributed by atoms with Crippen LogP contribution in [-0.4, -0.2) is 25.5 Å². The Kier molecular flexibility index (Phi) is 4.47. The van der Waals surface area contributed by atoms with Crippen molar-refractivity contribution in [3.8, 4) is 0 Å². The highest BCUT2D eigenvalue weighted by atomic mass is 19.1. The Hall–Kier alpha value is -1.85. The van der Waals surface area contributed by atoms with Crippen LogP contribution in [0, 0.1) is 11.6 Å². The molecule has 0 aliphatic rings. The molecule has 100 valence electrons. The third kappa shape index (κ3) is 3.58. The van der Waals surface area contributed by atoms with Gasteiger partial charge in [-0.25, -0.2) is 8.78 Å². The van der Waals surface area contributed by atoms with Gasteiger partial charge in [-0.1, -0.05) is 0 Å². The van der Waals surface area contributed by atoms with Gasteiger partial charge in [0.1, 0.15) is 5.69 Å². The second-order valence-corrected chi connectivity index (χ2v) is 4.41. The molecule has 0 radical (unpaired) electrons. The fourth-order valence-electron chi connectivity index (χ4n) is 1.61. The Morgan fingerprint density at radius 3 is 2.33 bits per heavy atom. The average molecular weight is 257 g/mol. The predicted molar refractivity (Wildman–Crippen MR) is 67.3 cm³/mol. The number of benzene rings is 1. The molecule has 1 rings (SSSR count). The minimum absolute atomic E-state index is 0.00813. The van der Waals surface area contributed by atoms with Crippen LogP contribution >= 0.6 is 0 Å². The number of carbonyl (C=O) groups excluding carboxylic acids is 1. The maximum atomic E-state index is 13.6. The lowest BCUT2D eigenvalue weighted by molar-refractivity contribution is -0.120. The number of hydrogen-bond donors (Lipinski definition) is 2. The first-order chi connectivity index (χ1) is 8.31. The molecule has 1 aromatic carbocycles. The predicted octanol–water partition coefficient (Wildman–Crippen LogP) is 1.51. The van der Waals surface area contributed by atoms with Crippen LogP contribution in [0.25, 0.3) is 0 Å². The largest absolute Gasteiger partial charge is 0.399 e. The molecule has 1 amide bonds. The zero-order valence-corrected chi connectivity index (χ0v) is 10.6.